The van der Waals surface area contributed by atoms with Gasteiger partial charge in [-0.05, 0) is 73.6 Å². The molecule has 0 saturated carbocycles. The normalized spacial score (nSPS) is 12.4. The highest BCUT2D eigenvalue weighted by Gasteiger charge is 2.17. The summed E-state index contributed by atoms with van der Waals surface area (Å²) < 4.78 is 18.6. The van der Waals surface area contributed by atoms with Crippen molar-refractivity contribution in [1.29, 1.82) is 0 Å². The summed E-state index contributed by atoms with van der Waals surface area (Å²) in [7, 11) is 0. The zero-order valence-electron chi connectivity index (χ0n) is 36.3. The number of ether oxygens (including phenoxy) is 3. The van der Waals surface area contributed by atoms with Gasteiger partial charge in [0.2, 0.25) is 0 Å². The Morgan fingerprint density at radius 3 is 1.43 bits per heavy atom. The molecule has 0 amide bonds. The van der Waals surface area contributed by atoms with Gasteiger partial charge in [0.1, 0.15) is 0 Å². The van der Waals surface area contributed by atoms with Gasteiger partial charge in [-0.3, -0.25) is 0 Å². The maximum atomic E-state index is 13.3. The van der Waals surface area contributed by atoms with E-state index in [0.29, 0.717) is 17.1 Å². The molecule has 0 radical (unpaired) electrons. The summed E-state index contributed by atoms with van der Waals surface area (Å²) in [6.07, 6.45) is 34.3. The molecule has 0 saturated heterocycles. The Morgan fingerprint density at radius 1 is 0.482 bits per heavy atom. The first-order valence-electron chi connectivity index (χ1n) is 23.4. The van der Waals surface area contributed by atoms with E-state index in [4.69, 9.17) is 14.2 Å². The average Bonchev–Trinajstić information content (AvgIpc) is 3.22. The Morgan fingerprint density at radius 2 is 0.929 bits per heavy atom. The van der Waals surface area contributed by atoms with Crippen LogP contribution in [0.2, 0.25) is 0 Å². The molecule has 3 aromatic carbocycles. The van der Waals surface area contributed by atoms with Crippen LogP contribution in [0.15, 0.2) is 72.8 Å². The first kappa shape index (κ1) is 47.3. The van der Waals surface area contributed by atoms with Crippen molar-refractivity contribution in [3.8, 4) is 22.6 Å². The second kappa shape index (κ2) is 31.0. The minimum absolute atomic E-state index is 0.0715. The van der Waals surface area contributed by atoms with E-state index in [1.807, 2.05) is 48.5 Å². The highest BCUT2D eigenvalue weighted by atomic mass is 16.6. The fraction of sp³-hybridized carbons (Fsp3) is 0.635. The highest BCUT2D eigenvalue weighted by Crippen LogP contribution is 2.31. The molecule has 0 aliphatic heterocycles. The van der Waals surface area contributed by atoms with Crippen molar-refractivity contribution < 1.29 is 19.0 Å². The van der Waals surface area contributed by atoms with Gasteiger partial charge in [0.05, 0.1) is 17.8 Å². The molecule has 0 aliphatic rings. The maximum absolute atomic E-state index is 13.3. The fourth-order valence-electron chi connectivity index (χ4n) is 7.64. The van der Waals surface area contributed by atoms with E-state index in [0.717, 1.165) is 43.4 Å². The number of benzene rings is 3. The number of para-hydroxylation sites is 2. The largest absolute Gasteiger partial charge is 0.487 e. The van der Waals surface area contributed by atoms with Crippen molar-refractivity contribution in [2.45, 2.75) is 207 Å². The summed E-state index contributed by atoms with van der Waals surface area (Å²) in [6.45, 7) is 9.72. The molecule has 2 unspecified atom stereocenters. The van der Waals surface area contributed by atoms with E-state index in [2.05, 4.69) is 52.0 Å². The third kappa shape index (κ3) is 20.4. The molecule has 4 nitrogen and oxygen atoms in total. The molecule has 3 rings (SSSR count). The Balaban J connectivity index is 1.35. The van der Waals surface area contributed by atoms with E-state index in [1.54, 1.807) is 0 Å². The lowest BCUT2D eigenvalue weighted by atomic mass is 10.0. The van der Waals surface area contributed by atoms with Crippen molar-refractivity contribution >= 4 is 5.97 Å². The molecule has 0 bridgehead atoms. The zero-order valence-corrected chi connectivity index (χ0v) is 36.3. The van der Waals surface area contributed by atoms with E-state index >= 15 is 0 Å². The molecular formula is C52H80O4. The monoisotopic (exact) mass is 769 g/mol. The van der Waals surface area contributed by atoms with Crippen LogP contribution in [0.3, 0.4) is 0 Å². The molecule has 0 heterocycles. The van der Waals surface area contributed by atoms with Gasteiger partial charge in [-0.1, -0.05) is 211 Å². The molecule has 0 aliphatic carbocycles. The van der Waals surface area contributed by atoms with Crippen molar-refractivity contribution in [1.82, 2.24) is 0 Å². The summed E-state index contributed by atoms with van der Waals surface area (Å²) >= 11 is 0. The highest BCUT2D eigenvalue weighted by molar-refractivity contribution is 5.92. The molecule has 0 N–H and O–H groups in total. The number of rotatable bonds is 34. The number of carbonyl (C=O) groups excluding carboxylic acids is 1. The summed E-state index contributed by atoms with van der Waals surface area (Å²) in [5.74, 6) is 0.745. The standard InChI is InChI=1S/C52H80O4/c1-5-8-10-12-14-16-17-18-19-20-22-24-26-30-43-54-44(4)45-35-37-46(38-36-45)47-39-41-48(42-40-47)52(53)56-51-34-29-28-33-50(51)55-49(31-7-3)32-27-25-23-21-15-13-11-9-6-2/h28-29,33-42,44,49H,5-27,30-32,43H2,1-4H3. The Hall–Kier alpha value is -3.11. The van der Waals surface area contributed by atoms with Crippen LogP contribution in [0.4, 0.5) is 0 Å². The summed E-state index contributed by atoms with van der Waals surface area (Å²) in [6, 6.07) is 23.9. The molecule has 0 spiro atoms. The Kier molecular flexibility index (Phi) is 26.1. The molecule has 312 valence electrons. The van der Waals surface area contributed by atoms with E-state index < -0.39 is 0 Å². The number of carbonyl (C=O) groups is 1. The predicted octanol–water partition coefficient (Wildman–Crippen LogP) is 16.6. The molecule has 0 fully saturated rings. The second-order valence-corrected chi connectivity index (χ2v) is 16.3. The van der Waals surface area contributed by atoms with Crippen LogP contribution in [0, 0.1) is 0 Å². The lowest BCUT2D eigenvalue weighted by Crippen LogP contribution is -2.17. The van der Waals surface area contributed by atoms with E-state index in [1.165, 1.54) is 147 Å². The van der Waals surface area contributed by atoms with Crippen LogP contribution in [-0.4, -0.2) is 18.7 Å². The summed E-state index contributed by atoms with van der Waals surface area (Å²) in [5, 5.41) is 0. The van der Waals surface area contributed by atoms with Gasteiger partial charge in [-0.15, -0.1) is 0 Å². The van der Waals surface area contributed by atoms with Crippen LogP contribution < -0.4 is 9.47 Å². The van der Waals surface area contributed by atoms with Crippen LogP contribution in [0.25, 0.3) is 11.1 Å². The first-order valence-corrected chi connectivity index (χ1v) is 23.4. The van der Waals surface area contributed by atoms with Crippen LogP contribution in [0.5, 0.6) is 11.5 Å². The lowest BCUT2D eigenvalue weighted by molar-refractivity contribution is 0.0627. The molecular weight excluding hydrogens is 689 g/mol. The number of hydrogen-bond donors (Lipinski definition) is 0. The molecule has 0 aromatic heterocycles. The third-order valence-electron chi connectivity index (χ3n) is 11.3. The van der Waals surface area contributed by atoms with E-state index in [9.17, 15) is 4.79 Å². The molecule has 2 atom stereocenters. The first-order chi connectivity index (χ1) is 27.5. The minimum atomic E-state index is -0.376. The Bertz CT molecular complexity index is 1380. The van der Waals surface area contributed by atoms with Crippen LogP contribution >= 0.6 is 0 Å². The van der Waals surface area contributed by atoms with Crippen LogP contribution in [-0.2, 0) is 4.74 Å². The number of unbranched alkanes of at least 4 members (excludes halogenated alkanes) is 21. The van der Waals surface area contributed by atoms with Crippen molar-refractivity contribution in [3.63, 3.8) is 0 Å². The molecule has 56 heavy (non-hydrogen) atoms. The number of hydrogen-bond acceptors (Lipinski definition) is 4. The lowest BCUT2D eigenvalue weighted by Gasteiger charge is -2.20. The van der Waals surface area contributed by atoms with Crippen molar-refractivity contribution in [2.24, 2.45) is 0 Å². The third-order valence-corrected chi connectivity index (χ3v) is 11.3. The smallest absolute Gasteiger partial charge is 0.343 e. The van der Waals surface area contributed by atoms with Gasteiger partial charge in [-0.25, -0.2) is 4.79 Å². The van der Waals surface area contributed by atoms with Gasteiger partial charge in [0.15, 0.2) is 11.5 Å². The van der Waals surface area contributed by atoms with Crippen molar-refractivity contribution in [3.05, 3.63) is 83.9 Å². The molecule has 4 heteroatoms. The van der Waals surface area contributed by atoms with Crippen molar-refractivity contribution in [2.75, 3.05) is 6.61 Å². The maximum Gasteiger partial charge on any atom is 0.343 e. The zero-order chi connectivity index (χ0) is 39.9. The second-order valence-electron chi connectivity index (χ2n) is 16.3. The minimum Gasteiger partial charge on any atom is -0.487 e. The Labute approximate surface area is 343 Å². The van der Waals surface area contributed by atoms with Crippen LogP contribution in [0.1, 0.15) is 217 Å². The van der Waals surface area contributed by atoms with Gasteiger partial charge in [-0.2, -0.15) is 0 Å². The summed E-state index contributed by atoms with van der Waals surface area (Å²) in [5.41, 5.74) is 3.88. The SMILES string of the molecule is CCCCCCCCCCCCCCCCOC(C)c1ccc(-c2ccc(C(=O)Oc3ccccc3OC(CCC)CCCCCCCCCCC)cc2)cc1. The van der Waals surface area contributed by atoms with Gasteiger partial charge in [0, 0.05) is 6.61 Å². The topological polar surface area (TPSA) is 44.8 Å². The quantitative estimate of drug-likeness (QED) is 0.0345. The predicted molar refractivity (Wildman–Crippen MR) is 239 cm³/mol. The van der Waals surface area contributed by atoms with Gasteiger partial charge in [0.25, 0.3) is 0 Å². The fourth-order valence-corrected chi connectivity index (χ4v) is 7.64. The van der Waals surface area contributed by atoms with E-state index in [-0.39, 0.29) is 18.2 Å². The van der Waals surface area contributed by atoms with Gasteiger partial charge < -0.3 is 14.2 Å². The average molecular weight is 769 g/mol. The number of esters is 1. The van der Waals surface area contributed by atoms with Gasteiger partial charge >= 0.3 is 5.97 Å². The summed E-state index contributed by atoms with van der Waals surface area (Å²) in [4.78, 5) is 13.3. The molecule has 3 aromatic rings.